The van der Waals surface area contributed by atoms with E-state index in [1.807, 2.05) is 27.6 Å². The number of urea groups is 1. The molecule has 2 saturated heterocycles. The number of piperazine rings is 1. The van der Waals surface area contributed by atoms with E-state index in [4.69, 9.17) is 14.5 Å². The van der Waals surface area contributed by atoms with E-state index in [1.54, 1.807) is 22.7 Å². The Kier molecular flexibility index (Phi) is 11.3. The van der Waals surface area contributed by atoms with Crippen LogP contribution in [0.2, 0.25) is 0 Å². The maximum Gasteiger partial charge on any atom is 0.407 e. The Morgan fingerprint density at radius 2 is 1.69 bits per heavy atom. The number of imidazole rings is 1. The monoisotopic (exact) mass is 913 g/mol. The van der Waals surface area contributed by atoms with Gasteiger partial charge in [-0.05, 0) is 92.7 Å². The van der Waals surface area contributed by atoms with Gasteiger partial charge >= 0.3 is 17.8 Å². The van der Waals surface area contributed by atoms with Gasteiger partial charge in [0.1, 0.15) is 5.65 Å². The Morgan fingerprint density at radius 1 is 0.925 bits per heavy atom. The Morgan fingerprint density at radius 3 is 2.43 bits per heavy atom. The number of carbonyl (C=O) groups excluding carboxylic acids is 3. The first-order chi connectivity index (χ1) is 32.6. The molecule has 6 aromatic rings. The van der Waals surface area contributed by atoms with Crippen LogP contribution < -0.4 is 26.1 Å². The molecular weight excluding hydrogens is 858 g/mol. The third-order valence-electron chi connectivity index (χ3n) is 15.0. The summed E-state index contributed by atoms with van der Waals surface area (Å²) < 4.78 is 33.2. The number of pyridine rings is 1. The molecule has 3 N–H and O–H groups in total. The molecule has 18 heteroatoms. The zero-order chi connectivity index (χ0) is 45.9. The fourth-order valence-corrected chi connectivity index (χ4v) is 11.4. The van der Waals surface area contributed by atoms with Gasteiger partial charge in [0.15, 0.2) is 0 Å². The number of anilines is 2. The molecule has 0 unspecified atom stereocenters. The second-order valence-electron chi connectivity index (χ2n) is 18.9. The summed E-state index contributed by atoms with van der Waals surface area (Å²) in [5.74, 6) is -0.257. The zero-order valence-electron chi connectivity index (χ0n) is 37.9. The predicted octanol–water partition coefficient (Wildman–Crippen LogP) is 6.28. The molecule has 6 aliphatic rings. The Balaban J connectivity index is 0.821. The fourth-order valence-electron chi connectivity index (χ4n) is 11.4. The molecule has 17 nitrogen and oxygen atoms in total. The Bertz CT molecular complexity index is 2910. The molecule has 2 aliphatic carbocycles. The molecule has 4 amide bonds. The smallest absolute Gasteiger partial charge is 0.407 e. The highest BCUT2D eigenvalue weighted by atomic mass is 19.1. The average molecular weight is 914 g/mol. The van der Waals surface area contributed by atoms with Gasteiger partial charge in [-0.3, -0.25) is 33.7 Å². The summed E-state index contributed by atoms with van der Waals surface area (Å²) >= 11 is 0. The lowest BCUT2D eigenvalue weighted by Gasteiger charge is -2.39. The van der Waals surface area contributed by atoms with Gasteiger partial charge in [0.2, 0.25) is 11.9 Å². The van der Waals surface area contributed by atoms with Gasteiger partial charge in [0, 0.05) is 88.5 Å². The van der Waals surface area contributed by atoms with Gasteiger partial charge in [-0.15, -0.1) is 5.10 Å². The summed E-state index contributed by atoms with van der Waals surface area (Å²) in [6.45, 7) is 5.66. The molecule has 350 valence electrons. The number of nitrogens with one attached hydrogen (secondary N) is 3. The maximum absolute atomic E-state index is 16.5. The quantitative estimate of drug-likeness (QED) is 0.165. The summed E-state index contributed by atoms with van der Waals surface area (Å²) in [6, 6.07) is 15.4. The van der Waals surface area contributed by atoms with E-state index in [2.05, 4.69) is 66.9 Å². The summed E-state index contributed by atoms with van der Waals surface area (Å²) in [7, 11) is 3.08. The highest BCUT2D eigenvalue weighted by molar-refractivity contribution is 6.14. The molecule has 2 aromatic carbocycles. The van der Waals surface area contributed by atoms with Crippen molar-refractivity contribution in [3.63, 3.8) is 0 Å². The maximum atomic E-state index is 16.5. The topological polar surface area (TPSA) is 177 Å². The molecule has 0 radical (unpaired) electrons. The number of amides is 4. The van der Waals surface area contributed by atoms with Crippen LogP contribution in [0.5, 0.6) is 0 Å². The second kappa shape index (κ2) is 17.6. The molecule has 3 atom stereocenters. The van der Waals surface area contributed by atoms with E-state index in [0.29, 0.717) is 66.3 Å². The van der Waals surface area contributed by atoms with E-state index in [-0.39, 0.29) is 41.9 Å². The molecule has 67 heavy (non-hydrogen) atoms. The van der Waals surface area contributed by atoms with Crippen molar-refractivity contribution in [3.05, 3.63) is 82.9 Å². The number of carbonyl (C=O) groups is 3. The largest absolute Gasteiger partial charge is 0.453 e. The second-order valence-corrected chi connectivity index (χ2v) is 18.9. The van der Waals surface area contributed by atoms with Crippen LogP contribution >= 0.6 is 0 Å². The van der Waals surface area contributed by atoms with Crippen LogP contribution in [0.15, 0.2) is 65.7 Å². The summed E-state index contributed by atoms with van der Waals surface area (Å²) in [6.07, 6.45) is 9.38. The number of aromatic nitrogens is 6. The van der Waals surface area contributed by atoms with Gasteiger partial charge in [0.05, 0.1) is 59.2 Å². The minimum absolute atomic E-state index is 0.0608. The molecule has 8 heterocycles. The number of methoxy groups -OCH3 is 1. The molecular formula is C49H56FN11O6. The minimum atomic E-state index is -0.562. The average Bonchev–Trinajstić information content (AvgIpc) is 4.10. The van der Waals surface area contributed by atoms with Crippen molar-refractivity contribution in [1.82, 2.24) is 44.4 Å². The lowest BCUT2D eigenvalue weighted by atomic mass is 9.85. The van der Waals surface area contributed by atoms with Gasteiger partial charge in [0.25, 0.3) is 0 Å². The number of nitrogens with zero attached hydrogens (tertiary/aromatic N) is 8. The van der Waals surface area contributed by atoms with E-state index in [0.717, 1.165) is 105 Å². The van der Waals surface area contributed by atoms with Crippen molar-refractivity contribution in [1.29, 1.82) is 0 Å². The van der Waals surface area contributed by atoms with Gasteiger partial charge in [-0.1, -0.05) is 24.3 Å². The minimum Gasteiger partial charge on any atom is -0.453 e. The number of hydrogen-bond donors (Lipinski definition) is 3. The highest BCUT2D eigenvalue weighted by Crippen LogP contribution is 2.44. The number of halogens is 1. The number of aromatic amines is 1. The van der Waals surface area contributed by atoms with Crippen LogP contribution in [-0.4, -0.2) is 117 Å². The first-order valence-electron chi connectivity index (χ1n) is 23.7. The first kappa shape index (κ1) is 43.1. The first-order valence-corrected chi connectivity index (χ1v) is 23.7. The van der Waals surface area contributed by atoms with E-state index < -0.39 is 12.0 Å². The van der Waals surface area contributed by atoms with Crippen molar-refractivity contribution in [3.8, 4) is 22.4 Å². The third kappa shape index (κ3) is 8.02. The number of imide groups is 1. The number of fused-ring (bicyclic) bond motifs is 5. The van der Waals surface area contributed by atoms with Crippen molar-refractivity contribution in [2.45, 2.75) is 82.0 Å². The van der Waals surface area contributed by atoms with Crippen molar-refractivity contribution in [2.75, 3.05) is 62.8 Å². The molecule has 12 rings (SSSR count). The summed E-state index contributed by atoms with van der Waals surface area (Å²) in [5, 5.41) is 10.6. The SMILES string of the molecule is COC(=O)N[C@H]1C[C@H]2C[C@H]1OCCCc1ccc(cc1)-c1c(-c3cn(C4CCC(CN5CCN(c6ccc(N7CCC(=O)NC7=O)cc6)CC5)CC4)nc3F)[nH]c3ncc4c(c13)n2c(=O)n4C. The summed E-state index contributed by atoms with van der Waals surface area (Å²) in [5.41, 5.74) is 7.28. The van der Waals surface area contributed by atoms with Gasteiger partial charge < -0.3 is 24.7 Å². The van der Waals surface area contributed by atoms with Crippen molar-refractivity contribution in [2.24, 2.45) is 13.0 Å². The van der Waals surface area contributed by atoms with Crippen molar-refractivity contribution < 1.29 is 28.2 Å². The number of alkyl carbamates (subject to hydrolysis) is 1. The van der Waals surface area contributed by atoms with Gasteiger partial charge in [-0.25, -0.2) is 19.4 Å². The lowest BCUT2D eigenvalue weighted by Crippen LogP contribution is -2.49. The van der Waals surface area contributed by atoms with E-state index in [9.17, 15) is 19.2 Å². The Hall–Kier alpha value is -6.53. The number of rotatable bonds is 7. The number of H-pyrrole nitrogens is 1. The van der Waals surface area contributed by atoms with Crippen molar-refractivity contribution >= 4 is 51.5 Å². The molecule has 2 saturated carbocycles. The number of benzene rings is 2. The third-order valence-corrected chi connectivity index (χ3v) is 15.0. The zero-order valence-corrected chi connectivity index (χ0v) is 37.9. The van der Waals surface area contributed by atoms with Gasteiger partial charge in [-0.2, -0.15) is 4.39 Å². The van der Waals surface area contributed by atoms with E-state index in [1.165, 1.54) is 7.11 Å². The molecule has 4 aliphatic heterocycles. The van der Waals surface area contributed by atoms with Crippen LogP contribution in [0.1, 0.15) is 69.0 Å². The van der Waals surface area contributed by atoms with Crippen LogP contribution in [-0.2, 0) is 27.7 Å². The standard InChI is InChI=1S/C49H56FN11O6/c1-56-38-26-51-46-42-41(31-9-5-29(6-10-31)4-3-23-67-39-25-35(61(44(38)42)49(56)65)24-37(39)52-48(64)66-2)43(54-46)36-28-60(55-45(36)50)34-11-7-30(8-12-34)27-57-19-21-58(22-20-57)32-13-15-33(16-14-32)59-18-17-40(62)53-47(59)63/h5-6,9-10,13-16,26,28,30,34-35,37,39H,3-4,7-8,11-12,17-25,27H2,1-2H3,(H,51,54)(H,52,64)(H,53,62,63)/t30?,34?,35-,37-,39+/m0/s1. The van der Waals surface area contributed by atoms with E-state index >= 15 is 4.39 Å². The van der Waals surface area contributed by atoms with Crippen LogP contribution in [0.3, 0.4) is 0 Å². The van der Waals surface area contributed by atoms with Crippen LogP contribution in [0.25, 0.3) is 44.5 Å². The van der Waals surface area contributed by atoms with Crippen LogP contribution in [0, 0.1) is 11.9 Å². The lowest BCUT2D eigenvalue weighted by molar-refractivity contribution is -0.120. The number of ether oxygens (including phenoxy) is 2. The molecule has 4 fully saturated rings. The highest BCUT2D eigenvalue weighted by Gasteiger charge is 2.40. The molecule has 4 bridgehead atoms. The number of hydrogen-bond acceptors (Lipinski definition) is 10. The Labute approximate surface area is 386 Å². The molecule has 4 aromatic heterocycles. The fraction of sp³-hybridized carbons (Fsp3) is 0.469. The summed E-state index contributed by atoms with van der Waals surface area (Å²) in [4.78, 5) is 65.6. The van der Waals surface area contributed by atoms with Crippen LogP contribution in [0.4, 0.5) is 25.4 Å². The molecule has 0 spiro atoms. The number of aryl methyl sites for hydroxylation is 2. The normalized spacial score (nSPS) is 23.8. The predicted molar refractivity (Wildman–Crippen MR) is 251 cm³/mol.